The van der Waals surface area contributed by atoms with E-state index < -0.39 is 10.0 Å². The highest BCUT2D eigenvalue weighted by Crippen LogP contribution is 2.41. The Balaban J connectivity index is 1.86. The summed E-state index contributed by atoms with van der Waals surface area (Å²) in [7, 11) is -3.43. The summed E-state index contributed by atoms with van der Waals surface area (Å²) in [5.41, 5.74) is 3.23. The van der Waals surface area contributed by atoms with Crippen LogP contribution in [0.5, 0.6) is 0 Å². The molecule has 0 fully saturated rings. The fourth-order valence-electron chi connectivity index (χ4n) is 3.24. The van der Waals surface area contributed by atoms with Crippen molar-refractivity contribution < 1.29 is 8.42 Å². The second-order valence-electron chi connectivity index (χ2n) is 5.38. The molecule has 0 saturated carbocycles. The summed E-state index contributed by atoms with van der Waals surface area (Å²) in [5, 5.41) is 1.81. The quantitative estimate of drug-likeness (QED) is 0.854. The van der Waals surface area contributed by atoms with E-state index in [0.717, 1.165) is 37.3 Å². The second kappa shape index (κ2) is 4.74. The molecule has 110 valence electrons. The van der Waals surface area contributed by atoms with E-state index in [4.69, 9.17) is 0 Å². The molecule has 0 amide bonds. The molecule has 0 radical (unpaired) electrons. The standard InChI is InChI=1S/C15H16N2O2S2/c18-21(19,14-7-3-11-20-14)17-10-9-16-8-2-5-12-4-1-6-13(17)15(12)16/h1,3-4,6-7,11H,2,5,8-10H2. The molecule has 21 heavy (non-hydrogen) atoms. The number of rotatable bonds is 2. The summed E-state index contributed by atoms with van der Waals surface area (Å²) in [4.78, 5) is 2.33. The first-order chi connectivity index (χ1) is 10.2. The number of hydrogen-bond acceptors (Lipinski definition) is 4. The van der Waals surface area contributed by atoms with Crippen LogP contribution in [0.15, 0.2) is 39.9 Å². The number of para-hydroxylation sites is 1. The smallest absolute Gasteiger partial charge is 0.273 e. The van der Waals surface area contributed by atoms with Crippen LogP contribution in [0.1, 0.15) is 12.0 Å². The lowest BCUT2D eigenvalue weighted by Crippen LogP contribution is -2.45. The maximum atomic E-state index is 12.9. The maximum absolute atomic E-state index is 12.9. The summed E-state index contributed by atoms with van der Waals surface area (Å²) in [5.74, 6) is 0. The molecule has 0 spiro atoms. The Morgan fingerprint density at radius 1 is 1.05 bits per heavy atom. The topological polar surface area (TPSA) is 40.6 Å². The van der Waals surface area contributed by atoms with Crippen LogP contribution in [-0.2, 0) is 16.4 Å². The van der Waals surface area contributed by atoms with Crippen molar-refractivity contribution in [3.05, 3.63) is 41.3 Å². The Morgan fingerprint density at radius 2 is 1.95 bits per heavy atom. The Morgan fingerprint density at radius 3 is 2.76 bits per heavy atom. The summed E-state index contributed by atoms with van der Waals surface area (Å²) < 4.78 is 27.7. The van der Waals surface area contributed by atoms with Crippen LogP contribution in [0.4, 0.5) is 11.4 Å². The van der Waals surface area contributed by atoms with E-state index in [1.54, 1.807) is 16.4 Å². The first kappa shape index (κ1) is 13.2. The number of anilines is 2. The van der Waals surface area contributed by atoms with Gasteiger partial charge in [0.2, 0.25) is 0 Å². The third-order valence-electron chi connectivity index (χ3n) is 4.17. The molecule has 0 bridgehead atoms. The van der Waals surface area contributed by atoms with E-state index in [2.05, 4.69) is 11.0 Å². The molecule has 6 heteroatoms. The molecular formula is C15H16N2O2S2. The van der Waals surface area contributed by atoms with Crippen molar-refractivity contribution in [3.63, 3.8) is 0 Å². The van der Waals surface area contributed by atoms with Gasteiger partial charge in [0.15, 0.2) is 0 Å². The number of nitrogens with zero attached hydrogens (tertiary/aromatic N) is 2. The van der Waals surface area contributed by atoms with E-state index in [1.165, 1.54) is 16.9 Å². The van der Waals surface area contributed by atoms with Gasteiger partial charge in [-0.2, -0.15) is 0 Å². The van der Waals surface area contributed by atoms with Gasteiger partial charge in [0.1, 0.15) is 4.21 Å². The highest BCUT2D eigenvalue weighted by Gasteiger charge is 2.34. The molecule has 0 saturated heterocycles. The molecule has 2 aliphatic heterocycles. The predicted octanol–water partition coefficient (Wildman–Crippen LogP) is 2.71. The van der Waals surface area contributed by atoms with Crippen molar-refractivity contribution in [1.29, 1.82) is 0 Å². The maximum Gasteiger partial charge on any atom is 0.273 e. The molecular weight excluding hydrogens is 304 g/mol. The molecule has 0 N–H and O–H groups in total. The zero-order valence-corrected chi connectivity index (χ0v) is 13.2. The summed E-state index contributed by atoms with van der Waals surface area (Å²) in [6.07, 6.45) is 2.18. The van der Waals surface area contributed by atoms with E-state index in [9.17, 15) is 8.42 Å². The minimum Gasteiger partial charge on any atom is -0.368 e. The lowest BCUT2D eigenvalue weighted by atomic mass is 9.99. The molecule has 1 aromatic heterocycles. The van der Waals surface area contributed by atoms with E-state index in [0.29, 0.717) is 10.8 Å². The summed E-state index contributed by atoms with van der Waals surface area (Å²) in [6, 6.07) is 9.49. The molecule has 1 aromatic carbocycles. The van der Waals surface area contributed by atoms with Crippen LogP contribution in [0.25, 0.3) is 0 Å². The molecule has 0 atom stereocenters. The fourth-order valence-corrected chi connectivity index (χ4v) is 5.81. The van der Waals surface area contributed by atoms with Crippen molar-refractivity contribution in [1.82, 2.24) is 0 Å². The zero-order chi connectivity index (χ0) is 14.4. The van der Waals surface area contributed by atoms with Crippen LogP contribution in [-0.4, -0.2) is 28.1 Å². The van der Waals surface area contributed by atoms with Gasteiger partial charge >= 0.3 is 0 Å². The van der Waals surface area contributed by atoms with Crippen LogP contribution in [0.2, 0.25) is 0 Å². The monoisotopic (exact) mass is 320 g/mol. The SMILES string of the molecule is O=S(=O)(c1cccs1)N1CCN2CCCc3cccc1c32. The minimum absolute atomic E-state index is 0.421. The van der Waals surface area contributed by atoms with Crippen molar-refractivity contribution in [2.45, 2.75) is 17.1 Å². The van der Waals surface area contributed by atoms with Gasteiger partial charge in [0, 0.05) is 13.1 Å². The summed E-state index contributed by atoms with van der Waals surface area (Å²) >= 11 is 1.28. The molecule has 2 aromatic rings. The van der Waals surface area contributed by atoms with E-state index in [-0.39, 0.29) is 0 Å². The summed E-state index contributed by atoms with van der Waals surface area (Å²) in [6.45, 7) is 2.32. The minimum atomic E-state index is -3.43. The van der Waals surface area contributed by atoms with Gasteiger partial charge in [0.05, 0.1) is 17.9 Å². The lowest BCUT2D eigenvalue weighted by molar-refractivity contribution is 0.587. The fraction of sp³-hybridized carbons (Fsp3) is 0.333. The van der Waals surface area contributed by atoms with Crippen LogP contribution in [0, 0.1) is 0 Å². The lowest BCUT2D eigenvalue weighted by Gasteiger charge is -2.41. The van der Waals surface area contributed by atoms with E-state index in [1.807, 2.05) is 17.5 Å². The van der Waals surface area contributed by atoms with Gasteiger partial charge < -0.3 is 4.90 Å². The predicted molar refractivity (Wildman–Crippen MR) is 85.8 cm³/mol. The number of thiophene rings is 1. The van der Waals surface area contributed by atoms with Crippen LogP contribution in [0.3, 0.4) is 0 Å². The molecule has 4 nitrogen and oxygen atoms in total. The Bertz CT molecular complexity index is 769. The Labute approximate surface area is 128 Å². The largest absolute Gasteiger partial charge is 0.368 e. The number of sulfonamides is 1. The highest BCUT2D eigenvalue weighted by molar-refractivity contribution is 7.94. The molecule has 2 aliphatic rings. The van der Waals surface area contributed by atoms with Gasteiger partial charge in [-0.3, -0.25) is 4.31 Å². The normalized spacial score (nSPS) is 17.7. The average molecular weight is 320 g/mol. The first-order valence-corrected chi connectivity index (χ1v) is 9.43. The number of hydrogen-bond donors (Lipinski definition) is 0. The zero-order valence-electron chi connectivity index (χ0n) is 11.5. The third kappa shape index (κ3) is 1.97. The van der Waals surface area contributed by atoms with Gasteiger partial charge in [-0.15, -0.1) is 11.3 Å². The van der Waals surface area contributed by atoms with Gasteiger partial charge in [-0.25, -0.2) is 8.42 Å². The average Bonchev–Trinajstić information content (AvgIpc) is 3.03. The van der Waals surface area contributed by atoms with E-state index >= 15 is 0 Å². The Kier molecular flexibility index (Phi) is 2.97. The number of benzene rings is 1. The van der Waals surface area contributed by atoms with Gasteiger partial charge in [-0.1, -0.05) is 18.2 Å². The first-order valence-electron chi connectivity index (χ1n) is 7.11. The van der Waals surface area contributed by atoms with Gasteiger partial charge in [-0.05, 0) is 35.9 Å². The van der Waals surface area contributed by atoms with Crippen molar-refractivity contribution in [2.24, 2.45) is 0 Å². The molecule has 0 unspecified atom stereocenters. The van der Waals surface area contributed by atoms with Crippen molar-refractivity contribution in [2.75, 3.05) is 28.8 Å². The third-order valence-corrected chi connectivity index (χ3v) is 7.36. The molecule has 4 rings (SSSR count). The van der Waals surface area contributed by atoms with Crippen LogP contribution >= 0.6 is 11.3 Å². The number of aryl methyl sites for hydroxylation is 1. The van der Waals surface area contributed by atoms with Gasteiger partial charge in [0.25, 0.3) is 10.0 Å². The van der Waals surface area contributed by atoms with Crippen LogP contribution < -0.4 is 9.21 Å². The Hall–Kier alpha value is -1.53. The van der Waals surface area contributed by atoms with Crippen molar-refractivity contribution >= 4 is 32.7 Å². The molecule has 3 heterocycles. The second-order valence-corrected chi connectivity index (χ2v) is 8.42. The highest BCUT2D eigenvalue weighted by atomic mass is 32.2. The van der Waals surface area contributed by atoms with Crippen molar-refractivity contribution in [3.8, 4) is 0 Å². The molecule has 0 aliphatic carbocycles.